The van der Waals surface area contributed by atoms with Gasteiger partial charge in [0.05, 0.1) is 12.8 Å². The number of benzene rings is 1. The molecule has 90 valence electrons. The maximum absolute atomic E-state index is 5.17. The summed E-state index contributed by atoms with van der Waals surface area (Å²) in [4.78, 5) is 4.57. The van der Waals surface area contributed by atoms with Crippen LogP contribution in [0.1, 0.15) is 5.01 Å². The van der Waals surface area contributed by atoms with Crippen molar-refractivity contribution in [2.45, 2.75) is 6.54 Å². The highest BCUT2D eigenvalue weighted by Gasteiger charge is 2.08. The molecular formula is C12H13BrN2OS. The molecule has 5 heteroatoms. The van der Waals surface area contributed by atoms with E-state index in [1.165, 1.54) is 0 Å². The van der Waals surface area contributed by atoms with E-state index in [0.29, 0.717) is 0 Å². The molecule has 0 saturated heterocycles. The summed E-state index contributed by atoms with van der Waals surface area (Å²) in [5.74, 6) is 0.839. The molecule has 1 heterocycles. The Morgan fingerprint density at radius 2 is 2.29 bits per heavy atom. The number of aromatic nitrogens is 1. The lowest BCUT2D eigenvalue weighted by Gasteiger charge is -2.04. The Hall–Kier alpha value is -0.910. The number of methoxy groups -OCH3 is 1. The fourth-order valence-corrected chi connectivity index (χ4v) is 2.86. The van der Waals surface area contributed by atoms with E-state index in [1.54, 1.807) is 18.4 Å². The van der Waals surface area contributed by atoms with Gasteiger partial charge in [-0.2, -0.15) is 0 Å². The van der Waals surface area contributed by atoms with Crippen molar-refractivity contribution in [3.63, 3.8) is 0 Å². The summed E-state index contributed by atoms with van der Waals surface area (Å²) in [6, 6.07) is 5.91. The minimum absolute atomic E-state index is 0.804. The van der Waals surface area contributed by atoms with Crippen molar-refractivity contribution in [3.05, 3.63) is 33.1 Å². The van der Waals surface area contributed by atoms with Crippen LogP contribution < -0.4 is 10.1 Å². The van der Waals surface area contributed by atoms with Crippen LogP contribution >= 0.6 is 27.3 Å². The van der Waals surface area contributed by atoms with Crippen molar-refractivity contribution in [3.8, 4) is 17.0 Å². The third-order valence-corrected chi connectivity index (χ3v) is 3.84. The van der Waals surface area contributed by atoms with Crippen molar-refractivity contribution in [2.24, 2.45) is 0 Å². The van der Waals surface area contributed by atoms with Gasteiger partial charge in [0.2, 0.25) is 0 Å². The standard InChI is InChI=1S/C12H13BrN2OS/c1-14-6-12-15-11(7-17-12)9-4-3-8(16-2)5-10(9)13/h3-5,7,14H,6H2,1-2H3. The van der Waals surface area contributed by atoms with E-state index in [9.17, 15) is 0 Å². The number of nitrogens with one attached hydrogen (secondary N) is 1. The van der Waals surface area contributed by atoms with Gasteiger partial charge in [0.1, 0.15) is 10.8 Å². The van der Waals surface area contributed by atoms with E-state index in [-0.39, 0.29) is 0 Å². The molecule has 2 rings (SSSR count). The molecule has 1 aromatic heterocycles. The SMILES string of the molecule is CNCc1nc(-c2ccc(OC)cc2Br)cs1. The highest BCUT2D eigenvalue weighted by molar-refractivity contribution is 9.10. The predicted molar refractivity (Wildman–Crippen MR) is 74.6 cm³/mol. The van der Waals surface area contributed by atoms with Crippen molar-refractivity contribution in [1.82, 2.24) is 10.3 Å². The van der Waals surface area contributed by atoms with Crippen molar-refractivity contribution >= 4 is 27.3 Å². The molecule has 0 fully saturated rings. The molecule has 0 radical (unpaired) electrons. The molecule has 1 N–H and O–H groups in total. The molecule has 0 aliphatic carbocycles. The second-order valence-corrected chi connectivity index (χ2v) is 5.30. The minimum Gasteiger partial charge on any atom is -0.497 e. The molecule has 0 unspecified atom stereocenters. The van der Waals surface area contributed by atoms with Crippen LogP contribution in [0.2, 0.25) is 0 Å². The summed E-state index contributed by atoms with van der Waals surface area (Å²) in [5.41, 5.74) is 2.08. The first-order valence-corrected chi connectivity index (χ1v) is 6.84. The Labute approximate surface area is 113 Å². The van der Waals surface area contributed by atoms with Crippen molar-refractivity contribution in [2.75, 3.05) is 14.2 Å². The zero-order valence-electron chi connectivity index (χ0n) is 9.66. The average molecular weight is 313 g/mol. The number of rotatable bonds is 4. The van der Waals surface area contributed by atoms with Crippen LogP contribution in [0.4, 0.5) is 0 Å². The van der Waals surface area contributed by atoms with Crippen LogP contribution in [-0.2, 0) is 6.54 Å². The van der Waals surface area contributed by atoms with Crippen LogP contribution in [-0.4, -0.2) is 19.1 Å². The molecular weight excluding hydrogens is 300 g/mol. The van der Waals surface area contributed by atoms with E-state index in [2.05, 4.69) is 31.6 Å². The normalized spacial score (nSPS) is 10.5. The fourth-order valence-electron chi connectivity index (χ4n) is 1.50. The summed E-state index contributed by atoms with van der Waals surface area (Å²) >= 11 is 5.20. The van der Waals surface area contributed by atoms with Crippen molar-refractivity contribution in [1.29, 1.82) is 0 Å². The average Bonchev–Trinajstić information content (AvgIpc) is 2.78. The van der Waals surface area contributed by atoms with Crippen LogP contribution in [0, 0.1) is 0 Å². The molecule has 0 bridgehead atoms. The van der Waals surface area contributed by atoms with Gasteiger partial charge in [-0.3, -0.25) is 0 Å². The number of hydrogen-bond donors (Lipinski definition) is 1. The number of ether oxygens (including phenoxy) is 1. The van der Waals surface area contributed by atoms with E-state index in [1.807, 2.05) is 25.2 Å². The van der Waals surface area contributed by atoms with Crippen LogP contribution in [0.3, 0.4) is 0 Å². The second kappa shape index (κ2) is 5.62. The topological polar surface area (TPSA) is 34.2 Å². The Bertz CT molecular complexity index is 513. The van der Waals surface area contributed by atoms with Gasteiger partial charge in [0, 0.05) is 22.0 Å². The lowest BCUT2D eigenvalue weighted by molar-refractivity contribution is 0.414. The largest absolute Gasteiger partial charge is 0.497 e. The lowest BCUT2D eigenvalue weighted by Crippen LogP contribution is -2.04. The number of nitrogens with zero attached hydrogens (tertiary/aromatic N) is 1. The van der Waals surface area contributed by atoms with E-state index in [4.69, 9.17) is 4.74 Å². The summed E-state index contributed by atoms with van der Waals surface area (Å²) in [6.07, 6.45) is 0. The van der Waals surface area contributed by atoms with Crippen molar-refractivity contribution < 1.29 is 4.74 Å². The lowest BCUT2D eigenvalue weighted by atomic mass is 10.2. The highest BCUT2D eigenvalue weighted by Crippen LogP contribution is 2.32. The van der Waals surface area contributed by atoms with E-state index >= 15 is 0 Å². The Kier molecular flexibility index (Phi) is 4.15. The maximum Gasteiger partial charge on any atom is 0.120 e. The molecule has 0 aliphatic heterocycles. The minimum atomic E-state index is 0.804. The summed E-state index contributed by atoms with van der Waals surface area (Å²) in [7, 11) is 3.58. The Morgan fingerprint density at radius 3 is 2.94 bits per heavy atom. The monoisotopic (exact) mass is 312 g/mol. The molecule has 3 nitrogen and oxygen atoms in total. The zero-order chi connectivity index (χ0) is 12.3. The fraction of sp³-hybridized carbons (Fsp3) is 0.250. The molecule has 1 aromatic carbocycles. The Balaban J connectivity index is 2.32. The van der Waals surface area contributed by atoms with Gasteiger partial charge < -0.3 is 10.1 Å². The summed E-state index contributed by atoms with van der Waals surface area (Å²) in [6.45, 7) is 0.804. The smallest absolute Gasteiger partial charge is 0.120 e. The maximum atomic E-state index is 5.17. The molecule has 17 heavy (non-hydrogen) atoms. The molecule has 0 aliphatic rings. The van der Waals surface area contributed by atoms with Crippen LogP contribution in [0.15, 0.2) is 28.1 Å². The van der Waals surface area contributed by atoms with E-state index < -0.39 is 0 Å². The van der Waals surface area contributed by atoms with Gasteiger partial charge >= 0.3 is 0 Å². The Morgan fingerprint density at radius 1 is 1.47 bits per heavy atom. The molecule has 2 aromatic rings. The predicted octanol–water partition coefficient (Wildman–Crippen LogP) is 3.30. The van der Waals surface area contributed by atoms with Crippen LogP contribution in [0.5, 0.6) is 5.75 Å². The van der Waals surface area contributed by atoms with Crippen LogP contribution in [0.25, 0.3) is 11.3 Å². The molecule has 0 atom stereocenters. The van der Waals surface area contributed by atoms with E-state index in [0.717, 1.165) is 33.0 Å². The summed E-state index contributed by atoms with van der Waals surface area (Å²) in [5, 5.41) is 6.25. The number of thiazole rings is 1. The second-order valence-electron chi connectivity index (χ2n) is 3.50. The zero-order valence-corrected chi connectivity index (χ0v) is 12.1. The van der Waals surface area contributed by atoms with Gasteiger partial charge in [-0.05, 0) is 41.2 Å². The van der Waals surface area contributed by atoms with Gasteiger partial charge in [-0.25, -0.2) is 4.98 Å². The first kappa shape index (κ1) is 12.5. The first-order valence-electron chi connectivity index (χ1n) is 5.17. The molecule has 0 spiro atoms. The van der Waals surface area contributed by atoms with Gasteiger partial charge in [-0.1, -0.05) is 0 Å². The number of halogens is 1. The van der Waals surface area contributed by atoms with Gasteiger partial charge in [0.15, 0.2) is 0 Å². The third kappa shape index (κ3) is 2.86. The highest BCUT2D eigenvalue weighted by atomic mass is 79.9. The van der Waals surface area contributed by atoms with Gasteiger partial charge in [-0.15, -0.1) is 11.3 Å². The van der Waals surface area contributed by atoms with Gasteiger partial charge in [0.25, 0.3) is 0 Å². The third-order valence-electron chi connectivity index (χ3n) is 2.33. The first-order chi connectivity index (χ1) is 8.24. The number of hydrogen-bond acceptors (Lipinski definition) is 4. The quantitative estimate of drug-likeness (QED) is 0.940. The molecule has 0 saturated carbocycles. The summed E-state index contributed by atoms with van der Waals surface area (Å²) < 4.78 is 6.17. The molecule has 0 amide bonds.